The van der Waals surface area contributed by atoms with Gasteiger partial charge in [0.25, 0.3) is 0 Å². The molecular weight excluding hydrogens is 276 g/mol. The molecule has 0 unspecified atom stereocenters. The quantitative estimate of drug-likeness (QED) is 0.477. The van der Waals surface area contributed by atoms with E-state index in [1.807, 2.05) is 6.07 Å². The Hall–Kier alpha value is -1.76. The largest absolute Gasteiger partial charge is 0.454 e. The smallest absolute Gasteiger partial charge is 0.231 e. The van der Waals surface area contributed by atoms with Crippen LogP contribution in [-0.2, 0) is 0 Å². The van der Waals surface area contributed by atoms with Crippen LogP contribution in [-0.4, -0.2) is 19.0 Å². The molecule has 1 aromatic carbocycles. The molecule has 4 N–H and O–H groups in total. The molecule has 1 aliphatic heterocycles. The predicted molar refractivity (Wildman–Crippen MR) is 63.7 cm³/mol. The molecule has 0 radical (unpaired) electrons. The van der Waals surface area contributed by atoms with Gasteiger partial charge in [-0.2, -0.15) is 5.10 Å². The van der Waals surface area contributed by atoms with Gasteiger partial charge in [-0.3, -0.25) is 0 Å². The van der Waals surface area contributed by atoms with E-state index in [1.54, 1.807) is 6.07 Å². The topological polar surface area (TPSA) is 95.2 Å². The molecule has 7 heteroatoms. The summed E-state index contributed by atoms with van der Waals surface area (Å²) in [7, 11) is 0. The standard InChI is InChI=1S/C9H9BrN4O2/c10-6-1-5(3-13-14-9(11)12)2-7-8(6)16-4-15-7/h1-3H,4H2,(H4,11,12,14)/b13-3-. The monoisotopic (exact) mass is 284 g/mol. The van der Waals surface area contributed by atoms with Crippen LogP contribution < -0.4 is 20.9 Å². The van der Waals surface area contributed by atoms with Crippen LogP contribution in [0.15, 0.2) is 26.8 Å². The lowest BCUT2D eigenvalue weighted by Gasteiger charge is -2.00. The summed E-state index contributed by atoms with van der Waals surface area (Å²) in [5.41, 5.74) is 11.1. The normalized spacial score (nSPS) is 13.1. The van der Waals surface area contributed by atoms with Gasteiger partial charge >= 0.3 is 0 Å². The molecule has 0 amide bonds. The van der Waals surface area contributed by atoms with Crippen LogP contribution in [0.25, 0.3) is 0 Å². The van der Waals surface area contributed by atoms with E-state index in [4.69, 9.17) is 20.9 Å². The molecular formula is C9H9BrN4O2. The molecule has 2 rings (SSSR count). The molecule has 0 bridgehead atoms. The van der Waals surface area contributed by atoms with Crippen molar-refractivity contribution in [3.05, 3.63) is 22.2 Å². The highest BCUT2D eigenvalue weighted by Crippen LogP contribution is 2.39. The molecule has 0 aliphatic carbocycles. The van der Waals surface area contributed by atoms with Gasteiger partial charge in [-0.05, 0) is 33.6 Å². The van der Waals surface area contributed by atoms with E-state index < -0.39 is 0 Å². The zero-order valence-corrected chi connectivity index (χ0v) is 9.77. The molecule has 6 nitrogen and oxygen atoms in total. The molecule has 1 heterocycles. The van der Waals surface area contributed by atoms with Crippen LogP contribution in [0.4, 0.5) is 0 Å². The summed E-state index contributed by atoms with van der Waals surface area (Å²) in [6.45, 7) is 0.225. The minimum atomic E-state index is -0.0870. The van der Waals surface area contributed by atoms with Crippen molar-refractivity contribution in [2.75, 3.05) is 6.79 Å². The summed E-state index contributed by atoms with van der Waals surface area (Å²) >= 11 is 3.37. The van der Waals surface area contributed by atoms with Gasteiger partial charge in [-0.1, -0.05) is 0 Å². The number of nitrogens with zero attached hydrogens (tertiary/aromatic N) is 2. The van der Waals surface area contributed by atoms with Gasteiger partial charge in [0.1, 0.15) is 0 Å². The van der Waals surface area contributed by atoms with Gasteiger partial charge in [0.05, 0.1) is 10.7 Å². The van der Waals surface area contributed by atoms with Crippen molar-refractivity contribution in [2.24, 2.45) is 21.7 Å². The summed E-state index contributed by atoms with van der Waals surface area (Å²) in [4.78, 5) is 0. The summed E-state index contributed by atoms with van der Waals surface area (Å²) in [6, 6.07) is 3.62. The summed E-state index contributed by atoms with van der Waals surface area (Å²) in [6.07, 6.45) is 1.52. The Bertz CT molecular complexity index is 469. The third-order valence-corrected chi connectivity index (χ3v) is 2.42. The molecule has 0 aromatic heterocycles. The fourth-order valence-corrected chi connectivity index (χ4v) is 1.80. The fourth-order valence-electron chi connectivity index (χ4n) is 1.22. The first-order valence-corrected chi connectivity index (χ1v) is 5.17. The van der Waals surface area contributed by atoms with Crippen molar-refractivity contribution < 1.29 is 9.47 Å². The maximum atomic E-state index is 5.25. The number of benzene rings is 1. The second-order valence-electron chi connectivity index (χ2n) is 3.01. The first kappa shape index (κ1) is 10.7. The fraction of sp³-hybridized carbons (Fsp3) is 0.111. The predicted octanol–water partition coefficient (Wildman–Crippen LogP) is 0.785. The highest BCUT2D eigenvalue weighted by molar-refractivity contribution is 9.10. The molecule has 1 aliphatic rings. The number of hydrogen-bond donors (Lipinski definition) is 2. The van der Waals surface area contributed by atoms with Crippen molar-refractivity contribution in [3.8, 4) is 11.5 Å². The second-order valence-corrected chi connectivity index (χ2v) is 3.86. The average molecular weight is 285 g/mol. The Kier molecular flexibility index (Phi) is 2.95. The van der Waals surface area contributed by atoms with Crippen molar-refractivity contribution in [2.45, 2.75) is 0 Å². The number of guanidine groups is 1. The van der Waals surface area contributed by atoms with Gasteiger partial charge in [-0.15, -0.1) is 5.10 Å². The minimum absolute atomic E-state index is 0.0870. The Labute approximate surface area is 100 Å². The number of rotatable bonds is 2. The lowest BCUT2D eigenvalue weighted by molar-refractivity contribution is 0.173. The molecule has 0 saturated heterocycles. The number of ether oxygens (including phenoxy) is 2. The van der Waals surface area contributed by atoms with Crippen LogP contribution >= 0.6 is 15.9 Å². The van der Waals surface area contributed by atoms with E-state index >= 15 is 0 Å². The van der Waals surface area contributed by atoms with Gasteiger partial charge in [0.15, 0.2) is 11.5 Å². The highest BCUT2D eigenvalue weighted by atomic mass is 79.9. The Morgan fingerprint density at radius 2 is 2.19 bits per heavy atom. The number of halogens is 1. The van der Waals surface area contributed by atoms with Crippen molar-refractivity contribution in [3.63, 3.8) is 0 Å². The van der Waals surface area contributed by atoms with Gasteiger partial charge in [0.2, 0.25) is 12.8 Å². The zero-order valence-electron chi connectivity index (χ0n) is 8.18. The third kappa shape index (κ3) is 2.25. The van der Waals surface area contributed by atoms with Crippen LogP contribution in [0.5, 0.6) is 11.5 Å². The van der Waals surface area contributed by atoms with Crippen molar-refractivity contribution in [1.82, 2.24) is 0 Å². The Morgan fingerprint density at radius 3 is 2.94 bits per heavy atom. The van der Waals surface area contributed by atoms with Gasteiger partial charge in [-0.25, -0.2) is 0 Å². The summed E-state index contributed by atoms with van der Waals surface area (Å²) < 4.78 is 11.3. The SMILES string of the molecule is NC(N)=N/N=C\c1cc(Br)c2c(c1)OCO2. The van der Waals surface area contributed by atoms with E-state index in [9.17, 15) is 0 Å². The van der Waals surface area contributed by atoms with E-state index in [1.165, 1.54) is 6.21 Å². The summed E-state index contributed by atoms with van der Waals surface area (Å²) in [5, 5.41) is 7.20. The lowest BCUT2D eigenvalue weighted by Crippen LogP contribution is -2.21. The molecule has 16 heavy (non-hydrogen) atoms. The maximum Gasteiger partial charge on any atom is 0.231 e. The average Bonchev–Trinajstić information content (AvgIpc) is 2.65. The zero-order chi connectivity index (χ0) is 11.5. The van der Waals surface area contributed by atoms with E-state index in [-0.39, 0.29) is 12.8 Å². The first-order chi connectivity index (χ1) is 7.66. The van der Waals surface area contributed by atoms with Crippen LogP contribution in [0.1, 0.15) is 5.56 Å². The van der Waals surface area contributed by atoms with Crippen LogP contribution in [0.2, 0.25) is 0 Å². The van der Waals surface area contributed by atoms with Gasteiger partial charge in [0, 0.05) is 0 Å². The third-order valence-electron chi connectivity index (χ3n) is 1.83. The van der Waals surface area contributed by atoms with Gasteiger partial charge < -0.3 is 20.9 Å². The van der Waals surface area contributed by atoms with Crippen molar-refractivity contribution >= 4 is 28.1 Å². The highest BCUT2D eigenvalue weighted by Gasteiger charge is 2.17. The van der Waals surface area contributed by atoms with Crippen molar-refractivity contribution in [1.29, 1.82) is 0 Å². The number of nitrogens with two attached hydrogens (primary N) is 2. The lowest BCUT2D eigenvalue weighted by atomic mass is 10.2. The Balaban J connectivity index is 2.27. The minimum Gasteiger partial charge on any atom is -0.454 e. The number of fused-ring (bicyclic) bond motifs is 1. The molecule has 1 aromatic rings. The molecule has 0 fully saturated rings. The van der Waals surface area contributed by atoms with Crippen LogP contribution in [0, 0.1) is 0 Å². The first-order valence-electron chi connectivity index (χ1n) is 4.38. The van der Waals surface area contributed by atoms with E-state index in [2.05, 4.69) is 26.1 Å². The van der Waals surface area contributed by atoms with E-state index in [0.717, 1.165) is 10.0 Å². The van der Waals surface area contributed by atoms with Crippen LogP contribution in [0.3, 0.4) is 0 Å². The summed E-state index contributed by atoms with van der Waals surface area (Å²) in [5.74, 6) is 1.27. The molecule has 84 valence electrons. The van der Waals surface area contributed by atoms with E-state index in [0.29, 0.717) is 11.5 Å². The maximum absolute atomic E-state index is 5.25. The Morgan fingerprint density at radius 1 is 1.38 bits per heavy atom. The number of hydrogen-bond acceptors (Lipinski definition) is 4. The molecule has 0 saturated carbocycles. The molecule has 0 atom stereocenters. The second kappa shape index (κ2) is 4.40. The molecule has 0 spiro atoms.